The van der Waals surface area contributed by atoms with Crippen LogP contribution in [0, 0.1) is 0 Å². The number of nitrogens with zero attached hydrogens (tertiary/aromatic N) is 2. The van der Waals surface area contributed by atoms with Crippen molar-refractivity contribution in [3.63, 3.8) is 0 Å². The molecule has 2 fully saturated rings. The van der Waals surface area contributed by atoms with E-state index in [1.54, 1.807) is 7.05 Å². The maximum Gasteiger partial charge on any atom is 0.233 e. The normalized spacial score (nSPS) is 20.7. The van der Waals surface area contributed by atoms with E-state index in [9.17, 15) is 4.79 Å². The molecule has 1 heterocycles. The van der Waals surface area contributed by atoms with Crippen molar-refractivity contribution in [2.75, 3.05) is 39.8 Å². The monoisotopic (exact) mass is 442 g/mol. The minimum absolute atomic E-state index is 0.0640. The van der Waals surface area contributed by atoms with Crippen LogP contribution in [-0.2, 0) is 4.79 Å². The van der Waals surface area contributed by atoms with Crippen molar-refractivity contribution in [1.82, 2.24) is 26.2 Å². The van der Waals surface area contributed by atoms with Crippen LogP contribution in [0.25, 0.3) is 0 Å². The van der Waals surface area contributed by atoms with Crippen molar-refractivity contribution in [1.29, 1.82) is 0 Å². The van der Waals surface area contributed by atoms with Crippen LogP contribution in [-0.4, -0.2) is 68.1 Å². The third-order valence-electron chi connectivity index (χ3n) is 6.84. The van der Waals surface area contributed by atoms with Crippen LogP contribution in [0.2, 0.25) is 0 Å². The van der Waals surface area contributed by atoms with Gasteiger partial charge in [0.2, 0.25) is 5.91 Å². The van der Waals surface area contributed by atoms with Crippen molar-refractivity contribution >= 4 is 11.9 Å². The Morgan fingerprint density at radius 1 is 1.19 bits per heavy atom. The van der Waals surface area contributed by atoms with Crippen LogP contribution in [0.5, 0.6) is 0 Å². The number of likely N-dealkylation sites (N-methyl/N-ethyl adjacent to an activating group) is 1. The lowest BCUT2D eigenvalue weighted by Gasteiger charge is -2.34. The summed E-state index contributed by atoms with van der Waals surface area (Å²) in [7, 11) is 1.70. The van der Waals surface area contributed by atoms with Gasteiger partial charge in [-0.1, -0.05) is 43.2 Å². The van der Waals surface area contributed by atoms with Crippen molar-refractivity contribution in [3.05, 3.63) is 35.9 Å². The molecule has 1 aromatic rings. The molecule has 32 heavy (non-hydrogen) atoms. The Morgan fingerprint density at radius 3 is 2.50 bits per heavy atom. The zero-order chi connectivity index (χ0) is 22.8. The van der Waals surface area contributed by atoms with Crippen molar-refractivity contribution < 1.29 is 4.79 Å². The number of hydrogen-bond donors (Lipinski definition) is 4. The lowest BCUT2D eigenvalue weighted by molar-refractivity contribution is -0.122. The molecule has 4 N–H and O–H groups in total. The Hall–Kier alpha value is -2.12. The highest BCUT2D eigenvalue weighted by Crippen LogP contribution is 2.32. The molecule has 0 radical (unpaired) electrons. The zero-order valence-electron chi connectivity index (χ0n) is 20.1. The van der Waals surface area contributed by atoms with Crippen molar-refractivity contribution in [2.45, 2.75) is 70.0 Å². The van der Waals surface area contributed by atoms with E-state index in [-0.39, 0.29) is 11.4 Å². The van der Waals surface area contributed by atoms with Crippen LogP contribution >= 0.6 is 0 Å². The van der Waals surface area contributed by atoms with Crippen molar-refractivity contribution in [3.8, 4) is 0 Å². The van der Waals surface area contributed by atoms with Crippen molar-refractivity contribution in [2.24, 2.45) is 4.99 Å². The summed E-state index contributed by atoms with van der Waals surface area (Å²) in [4.78, 5) is 18.9. The summed E-state index contributed by atoms with van der Waals surface area (Å²) in [6.07, 6.45) is 6.91. The van der Waals surface area contributed by atoms with Gasteiger partial charge in [-0.15, -0.1) is 0 Å². The van der Waals surface area contributed by atoms with Crippen LogP contribution in [0.3, 0.4) is 0 Å². The first-order valence-electron chi connectivity index (χ1n) is 12.3. The van der Waals surface area contributed by atoms with Gasteiger partial charge in [0.1, 0.15) is 0 Å². The number of hydrogen-bond acceptors (Lipinski definition) is 4. The molecular formula is C25H42N6O. The molecule has 1 saturated carbocycles. The first-order chi connectivity index (χ1) is 15.5. The van der Waals surface area contributed by atoms with E-state index in [0.29, 0.717) is 18.6 Å². The van der Waals surface area contributed by atoms with Gasteiger partial charge in [0.15, 0.2) is 5.96 Å². The summed E-state index contributed by atoms with van der Waals surface area (Å²) in [5, 5.41) is 13.7. The molecule has 3 rings (SSSR count). The predicted molar refractivity (Wildman–Crippen MR) is 132 cm³/mol. The summed E-state index contributed by atoms with van der Waals surface area (Å²) in [5.41, 5.74) is 1.39. The van der Waals surface area contributed by atoms with Gasteiger partial charge in [0, 0.05) is 44.3 Å². The van der Waals surface area contributed by atoms with Crippen LogP contribution < -0.4 is 21.3 Å². The number of carbonyl (C=O) groups excluding carboxylic acids is 1. The van der Waals surface area contributed by atoms with Gasteiger partial charge in [0.05, 0.1) is 13.1 Å². The van der Waals surface area contributed by atoms with E-state index in [2.05, 4.69) is 70.3 Å². The third-order valence-corrected chi connectivity index (χ3v) is 6.84. The van der Waals surface area contributed by atoms with Gasteiger partial charge in [-0.3, -0.25) is 14.7 Å². The summed E-state index contributed by atoms with van der Waals surface area (Å²) in [6, 6.07) is 11.4. The fourth-order valence-corrected chi connectivity index (χ4v) is 4.95. The standard InChI is InChI=1S/C25H42N6O/c1-4-27-24(29-22-12-16-31(17-13-22)18-23(32)26-3)28-19-25(14-8-9-15-25)30-20(2)21-10-6-5-7-11-21/h5-7,10-11,20,22,30H,4,8-9,12-19H2,1-3H3,(H,26,32)(H2,27,28,29). The molecule has 1 aliphatic heterocycles. The lowest BCUT2D eigenvalue weighted by Crippen LogP contribution is -2.51. The van der Waals surface area contributed by atoms with E-state index < -0.39 is 0 Å². The molecule has 7 heteroatoms. The summed E-state index contributed by atoms with van der Waals surface area (Å²) >= 11 is 0. The number of benzene rings is 1. The zero-order valence-corrected chi connectivity index (χ0v) is 20.1. The topological polar surface area (TPSA) is 80.8 Å². The minimum atomic E-state index is 0.0640. The Balaban J connectivity index is 1.57. The number of nitrogens with one attached hydrogen (secondary N) is 4. The molecule has 1 aliphatic carbocycles. The second kappa shape index (κ2) is 12.2. The fourth-order valence-electron chi connectivity index (χ4n) is 4.95. The largest absolute Gasteiger partial charge is 0.358 e. The molecule has 1 aromatic carbocycles. The molecule has 2 aliphatic rings. The second-order valence-electron chi connectivity index (χ2n) is 9.33. The van der Waals surface area contributed by atoms with Crippen LogP contribution in [0.1, 0.15) is 64.0 Å². The predicted octanol–water partition coefficient (Wildman–Crippen LogP) is 2.42. The summed E-state index contributed by atoms with van der Waals surface area (Å²) in [5.74, 6) is 1.00. The van der Waals surface area contributed by atoms with Gasteiger partial charge in [0.25, 0.3) is 0 Å². The average Bonchev–Trinajstić information content (AvgIpc) is 3.28. The molecule has 0 spiro atoms. The fraction of sp³-hybridized carbons (Fsp3) is 0.680. The average molecular weight is 443 g/mol. The van der Waals surface area contributed by atoms with E-state index in [0.717, 1.165) is 45.0 Å². The van der Waals surface area contributed by atoms with E-state index in [1.165, 1.54) is 31.2 Å². The van der Waals surface area contributed by atoms with E-state index in [1.807, 2.05) is 0 Å². The minimum Gasteiger partial charge on any atom is -0.358 e. The number of aliphatic imine (C=N–C) groups is 1. The Morgan fingerprint density at radius 2 is 1.88 bits per heavy atom. The van der Waals surface area contributed by atoms with Crippen LogP contribution in [0.15, 0.2) is 35.3 Å². The first kappa shape index (κ1) is 24.5. The van der Waals surface area contributed by atoms with Gasteiger partial charge in [-0.25, -0.2) is 0 Å². The molecule has 1 amide bonds. The number of rotatable bonds is 9. The molecule has 7 nitrogen and oxygen atoms in total. The first-order valence-corrected chi connectivity index (χ1v) is 12.3. The summed E-state index contributed by atoms with van der Waals surface area (Å²) in [6.45, 7) is 8.37. The smallest absolute Gasteiger partial charge is 0.233 e. The highest BCUT2D eigenvalue weighted by Gasteiger charge is 2.35. The highest BCUT2D eigenvalue weighted by atomic mass is 16.1. The Kier molecular flexibility index (Phi) is 9.36. The molecule has 1 unspecified atom stereocenters. The number of carbonyl (C=O) groups is 1. The van der Waals surface area contributed by atoms with Crippen LogP contribution in [0.4, 0.5) is 0 Å². The highest BCUT2D eigenvalue weighted by molar-refractivity contribution is 5.80. The van der Waals surface area contributed by atoms with E-state index >= 15 is 0 Å². The number of guanidine groups is 1. The van der Waals surface area contributed by atoms with E-state index in [4.69, 9.17) is 4.99 Å². The number of piperidine rings is 1. The molecule has 1 atom stereocenters. The SMILES string of the molecule is CCNC(=NCC1(NC(C)c2ccccc2)CCCC1)NC1CCN(CC(=O)NC)CC1. The lowest BCUT2D eigenvalue weighted by atomic mass is 9.95. The van der Waals surface area contributed by atoms with Gasteiger partial charge in [-0.05, 0) is 45.1 Å². The molecule has 178 valence electrons. The number of likely N-dealkylation sites (tertiary alicyclic amines) is 1. The third kappa shape index (κ3) is 7.20. The van der Waals surface area contributed by atoms with Gasteiger partial charge in [-0.2, -0.15) is 0 Å². The maximum absolute atomic E-state index is 11.6. The molecule has 1 saturated heterocycles. The summed E-state index contributed by atoms with van der Waals surface area (Å²) < 4.78 is 0. The Labute approximate surface area is 193 Å². The van der Waals surface area contributed by atoms with Gasteiger partial charge < -0.3 is 21.3 Å². The quantitative estimate of drug-likeness (QED) is 0.349. The number of amides is 1. The molecular weight excluding hydrogens is 400 g/mol. The molecule has 0 bridgehead atoms. The molecule has 0 aromatic heterocycles. The van der Waals surface area contributed by atoms with Gasteiger partial charge >= 0.3 is 0 Å². The maximum atomic E-state index is 11.6. The second-order valence-corrected chi connectivity index (χ2v) is 9.33. The Bertz CT molecular complexity index is 723.